The van der Waals surface area contributed by atoms with E-state index < -0.39 is 30.2 Å². The Morgan fingerprint density at radius 1 is 1.44 bits per heavy atom. The second-order valence-electron chi connectivity index (χ2n) is 3.82. The van der Waals surface area contributed by atoms with Gasteiger partial charge in [-0.05, 0) is 18.4 Å². The van der Waals surface area contributed by atoms with Gasteiger partial charge in [0.15, 0.2) is 6.61 Å². The number of hydrogen-bond donors (Lipinski definition) is 1. The van der Waals surface area contributed by atoms with Gasteiger partial charge in [-0.25, -0.2) is 4.79 Å². The molecule has 0 aromatic heterocycles. The van der Waals surface area contributed by atoms with Gasteiger partial charge in [-0.3, -0.25) is 0 Å². The second-order valence-corrected chi connectivity index (χ2v) is 3.82. The molecule has 1 N–H and O–H groups in total. The number of ether oxygens (including phenoxy) is 1. The van der Waals surface area contributed by atoms with Crippen molar-refractivity contribution in [1.82, 2.24) is 0 Å². The molecule has 1 saturated carbocycles. The molecule has 3 nitrogen and oxygen atoms in total. The summed E-state index contributed by atoms with van der Waals surface area (Å²) in [5, 5.41) is 8.38. The molecule has 2 aliphatic rings. The van der Waals surface area contributed by atoms with Crippen LogP contribution in [0.5, 0.6) is 0 Å². The van der Waals surface area contributed by atoms with Crippen molar-refractivity contribution in [2.75, 3.05) is 6.61 Å². The van der Waals surface area contributed by atoms with Crippen LogP contribution in [-0.2, 0) is 9.53 Å². The Morgan fingerprint density at radius 2 is 2.12 bits per heavy atom. The molecule has 2 aliphatic carbocycles. The van der Waals surface area contributed by atoms with E-state index in [0.29, 0.717) is 12.2 Å². The van der Waals surface area contributed by atoms with Crippen molar-refractivity contribution in [2.24, 2.45) is 11.8 Å². The minimum atomic E-state index is -4.30. The van der Waals surface area contributed by atoms with E-state index in [4.69, 9.17) is 9.84 Å². The van der Waals surface area contributed by atoms with Gasteiger partial charge in [0.2, 0.25) is 0 Å². The van der Waals surface area contributed by atoms with E-state index in [1.165, 1.54) is 6.08 Å². The summed E-state index contributed by atoms with van der Waals surface area (Å²) in [4.78, 5) is 10.2. The summed E-state index contributed by atoms with van der Waals surface area (Å²) in [7, 11) is 0. The zero-order valence-corrected chi connectivity index (χ0v) is 8.12. The predicted octanol–water partition coefficient (Wildman–Crippen LogP) is 2.11. The molecule has 0 heterocycles. The summed E-state index contributed by atoms with van der Waals surface area (Å²) in [6, 6.07) is 0. The number of aliphatic carboxylic acids is 1. The Morgan fingerprint density at radius 3 is 2.69 bits per heavy atom. The summed E-state index contributed by atoms with van der Waals surface area (Å²) in [5.41, 5.74) is -0.542. The number of carbonyl (C=O) groups is 1. The molecule has 0 spiro atoms. The summed E-state index contributed by atoms with van der Waals surface area (Å²) >= 11 is 0. The van der Waals surface area contributed by atoms with Crippen molar-refractivity contribution in [3.8, 4) is 0 Å². The summed E-state index contributed by atoms with van der Waals surface area (Å²) < 4.78 is 42.2. The molecule has 2 unspecified atom stereocenters. The molecule has 0 aromatic carbocycles. The fraction of sp³-hybridized carbons (Fsp3) is 0.500. The van der Waals surface area contributed by atoms with Crippen molar-refractivity contribution >= 4 is 5.97 Å². The third-order valence-corrected chi connectivity index (χ3v) is 2.67. The lowest BCUT2D eigenvalue weighted by Gasteiger charge is -2.16. The summed E-state index contributed by atoms with van der Waals surface area (Å²) in [6.07, 6.45) is -1.71. The number of allylic oxidation sites excluding steroid dienone is 4. The first kappa shape index (κ1) is 11.0. The highest BCUT2D eigenvalue weighted by Gasteiger charge is 2.53. The van der Waals surface area contributed by atoms with Gasteiger partial charge < -0.3 is 9.84 Å². The minimum Gasteiger partial charge on any atom is -0.486 e. The van der Waals surface area contributed by atoms with E-state index >= 15 is 0 Å². The standard InChI is InChI=1S/C10H9F3O3/c11-10(12,13)7-1-2-8(6-3-5(6)7)16-4-9(14)15/h1-2,5-6H,3-4H2,(H,14,15). The fourth-order valence-electron chi connectivity index (χ4n) is 1.88. The van der Waals surface area contributed by atoms with Crippen LogP contribution >= 0.6 is 0 Å². The van der Waals surface area contributed by atoms with Crippen LogP contribution in [0.3, 0.4) is 0 Å². The van der Waals surface area contributed by atoms with E-state index in [1.54, 1.807) is 0 Å². The molecule has 0 aliphatic heterocycles. The number of halogens is 3. The highest BCUT2D eigenvalue weighted by molar-refractivity contribution is 5.68. The van der Waals surface area contributed by atoms with Gasteiger partial charge in [0.05, 0.1) is 0 Å². The normalized spacial score (nSPS) is 27.7. The minimum absolute atomic E-state index is 0.291. The molecule has 2 rings (SSSR count). The molecule has 0 saturated heterocycles. The van der Waals surface area contributed by atoms with Gasteiger partial charge in [-0.15, -0.1) is 0 Å². The lowest BCUT2D eigenvalue weighted by molar-refractivity contribution is -0.141. The highest BCUT2D eigenvalue weighted by atomic mass is 19.4. The van der Waals surface area contributed by atoms with Crippen molar-refractivity contribution in [3.63, 3.8) is 0 Å². The largest absolute Gasteiger partial charge is 0.486 e. The average molecular weight is 234 g/mol. The maximum Gasteiger partial charge on any atom is 0.412 e. The SMILES string of the molecule is O=C(O)COC1=CC=C(C(F)(F)F)C2CC12. The van der Waals surface area contributed by atoms with Crippen LogP contribution in [-0.4, -0.2) is 23.9 Å². The van der Waals surface area contributed by atoms with E-state index in [2.05, 4.69) is 0 Å². The Bertz CT molecular complexity index is 381. The van der Waals surface area contributed by atoms with Crippen LogP contribution in [0.25, 0.3) is 0 Å². The molecule has 0 bridgehead atoms. The first-order chi connectivity index (χ1) is 7.39. The van der Waals surface area contributed by atoms with Crippen LogP contribution in [0.1, 0.15) is 6.42 Å². The summed E-state index contributed by atoms with van der Waals surface area (Å²) in [5.74, 6) is -1.63. The van der Waals surface area contributed by atoms with Crippen molar-refractivity contribution in [3.05, 3.63) is 23.5 Å². The Hall–Kier alpha value is -1.46. The Balaban J connectivity index is 2.07. The molecule has 1 fully saturated rings. The quantitative estimate of drug-likeness (QED) is 0.813. The van der Waals surface area contributed by atoms with Crippen LogP contribution in [0.2, 0.25) is 0 Å². The number of hydrogen-bond acceptors (Lipinski definition) is 2. The van der Waals surface area contributed by atoms with Crippen molar-refractivity contribution < 1.29 is 27.8 Å². The molecule has 0 aromatic rings. The number of carboxylic acids is 1. The topological polar surface area (TPSA) is 46.5 Å². The van der Waals surface area contributed by atoms with Gasteiger partial charge in [0, 0.05) is 11.5 Å². The van der Waals surface area contributed by atoms with Crippen molar-refractivity contribution in [2.45, 2.75) is 12.6 Å². The summed E-state index contributed by atoms with van der Waals surface area (Å²) in [6.45, 7) is -0.510. The maximum absolute atomic E-state index is 12.4. The Labute approximate surface area is 89.2 Å². The molecule has 16 heavy (non-hydrogen) atoms. The molecule has 6 heteroatoms. The molecule has 88 valence electrons. The van der Waals surface area contributed by atoms with Gasteiger partial charge >= 0.3 is 12.1 Å². The predicted molar refractivity (Wildman–Crippen MR) is 47.4 cm³/mol. The van der Waals surface area contributed by atoms with Crippen LogP contribution in [0.15, 0.2) is 23.5 Å². The molecular weight excluding hydrogens is 225 g/mol. The molecule has 2 atom stereocenters. The number of alkyl halides is 3. The van der Waals surface area contributed by atoms with E-state index in [-0.39, 0.29) is 5.92 Å². The van der Waals surface area contributed by atoms with Crippen LogP contribution < -0.4 is 0 Å². The third kappa shape index (κ3) is 2.05. The lowest BCUT2D eigenvalue weighted by atomic mass is 10.0. The number of carboxylic acid groups (broad SMARTS) is 1. The van der Waals surface area contributed by atoms with E-state index in [1.807, 2.05) is 0 Å². The van der Waals surface area contributed by atoms with Gasteiger partial charge in [-0.1, -0.05) is 6.08 Å². The maximum atomic E-state index is 12.4. The monoisotopic (exact) mass is 234 g/mol. The second kappa shape index (κ2) is 3.54. The van der Waals surface area contributed by atoms with E-state index in [0.717, 1.165) is 6.08 Å². The third-order valence-electron chi connectivity index (χ3n) is 2.67. The van der Waals surface area contributed by atoms with Crippen molar-refractivity contribution in [1.29, 1.82) is 0 Å². The first-order valence-electron chi connectivity index (χ1n) is 4.73. The van der Waals surface area contributed by atoms with Crippen LogP contribution in [0.4, 0.5) is 13.2 Å². The zero-order chi connectivity index (χ0) is 11.9. The molecule has 0 radical (unpaired) electrons. The molecular formula is C10H9F3O3. The smallest absolute Gasteiger partial charge is 0.412 e. The van der Waals surface area contributed by atoms with Gasteiger partial charge in [0.25, 0.3) is 0 Å². The van der Waals surface area contributed by atoms with Crippen LogP contribution in [0, 0.1) is 11.8 Å². The Kier molecular flexibility index (Phi) is 2.44. The lowest BCUT2D eigenvalue weighted by Crippen LogP contribution is -2.17. The van der Waals surface area contributed by atoms with Gasteiger partial charge in [0.1, 0.15) is 5.76 Å². The first-order valence-corrected chi connectivity index (χ1v) is 4.73. The number of rotatable bonds is 3. The fourth-order valence-corrected chi connectivity index (χ4v) is 1.88. The van der Waals surface area contributed by atoms with Gasteiger partial charge in [-0.2, -0.15) is 13.2 Å². The highest BCUT2D eigenvalue weighted by Crippen LogP contribution is 2.55. The number of fused-ring (bicyclic) bond motifs is 1. The molecule has 0 amide bonds. The zero-order valence-electron chi connectivity index (χ0n) is 8.12. The average Bonchev–Trinajstić information content (AvgIpc) is 2.90. The van der Waals surface area contributed by atoms with E-state index in [9.17, 15) is 18.0 Å².